The lowest BCUT2D eigenvalue weighted by molar-refractivity contribution is -0.131. The second-order valence-electron chi connectivity index (χ2n) is 8.76. The lowest BCUT2D eigenvalue weighted by atomic mass is 10.1. The zero-order valence-corrected chi connectivity index (χ0v) is 20.5. The number of unbranched alkanes of at least 4 members (excludes halogenated alkanes) is 2. The number of aromatic nitrogens is 5. The van der Waals surface area contributed by atoms with Gasteiger partial charge in [0.05, 0.1) is 5.56 Å². The molecule has 194 valence electrons. The predicted molar refractivity (Wildman–Crippen MR) is 131 cm³/mol. The largest absolute Gasteiger partial charge is 0.368 e. The van der Waals surface area contributed by atoms with Crippen molar-refractivity contribution in [3.63, 3.8) is 0 Å². The highest BCUT2D eigenvalue weighted by Crippen LogP contribution is 2.28. The third-order valence-electron chi connectivity index (χ3n) is 5.60. The molecule has 4 N–H and O–H groups in total. The maximum Gasteiger partial charge on any atom is 0.281 e. The molecule has 3 rings (SSSR count). The molecule has 0 aliphatic carbocycles. The van der Waals surface area contributed by atoms with E-state index in [9.17, 15) is 18.4 Å². The first-order valence-electron chi connectivity index (χ1n) is 11.8. The number of nitrogen functional groups attached to an aromatic ring is 2. The Labute approximate surface area is 208 Å². The molecule has 0 aromatic carbocycles. The number of anilines is 3. The number of nitrogens with two attached hydrogens (primary N) is 2. The van der Waals surface area contributed by atoms with Crippen LogP contribution in [0.5, 0.6) is 0 Å². The van der Waals surface area contributed by atoms with Crippen molar-refractivity contribution >= 4 is 29.5 Å². The van der Waals surface area contributed by atoms with Gasteiger partial charge >= 0.3 is 0 Å². The molecule has 1 amide bonds. The standard InChI is InChI=1S/C23H31F2N9O2/c1-14(2)12-15(35)6-4-3-5-7-17(36)33-8-10-34(11-9-33)23-31-20(30-22(27)32-23)16-13-28-21(26)29-18(16)19(24)25/h12-13,19H,3-11H2,1-2H3,(H2,26,28,29)(H2,27,30,31,32). The molecule has 36 heavy (non-hydrogen) atoms. The van der Waals surface area contributed by atoms with Gasteiger partial charge in [-0.2, -0.15) is 15.0 Å². The molecule has 1 saturated heterocycles. The summed E-state index contributed by atoms with van der Waals surface area (Å²) in [6, 6.07) is 0. The number of hydrogen-bond acceptors (Lipinski definition) is 10. The van der Waals surface area contributed by atoms with Gasteiger partial charge in [0.15, 0.2) is 11.6 Å². The summed E-state index contributed by atoms with van der Waals surface area (Å²) in [5.74, 6) is -0.0874. The molecule has 0 atom stereocenters. The number of hydrogen-bond donors (Lipinski definition) is 2. The van der Waals surface area contributed by atoms with Crippen LogP contribution >= 0.6 is 0 Å². The average molecular weight is 504 g/mol. The highest BCUT2D eigenvalue weighted by Gasteiger charge is 2.25. The van der Waals surface area contributed by atoms with E-state index in [4.69, 9.17) is 11.5 Å². The summed E-state index contributed by atoms with van der Waals surface area (Å²) in [6.07, 6.45) is 3.11. The smallest absolute Gasteiger partial charge is 0.281 e. The minimum absolute atomic E-state index is 0.0572. The summed E-state index contributed by atoms with van der Waals surface area (Å²) >= 11 is 0. The molecular formula is C23H31F2N9O2. The van der Waals surface area contributed by atoms with E-state index in [1.165, 1.54) is 0 Å². The Hall–Kier alpha value is -3.77. The molecule has 0 spiro atoms. The minimum atomic E-state index is -2.90. The molecule has 3 heterocycles. The molecule has 0 bridgehead atoms. The van der Waals surface area contributed by atoms with Crippen molar-refractivity contribution < 1.29 is 18.4 Å². The predicted octanol–water partition coefficient (Wildman–Crippen LogP) is 2.57. The molecule has 0 radical (unpaired) electrons. The first kappa shape index (κ1) is 26.8. The summed E-state index contributed by atoms with van der Waals surface area (Å²) < 4.78 is 26.9. The van der Waals surface area contributed by atoms with Crippen LogP contribution in [-0.4, -0.2) is 67.7 Å². The number of allylic oxidation sites excluding steroid dienone is 2. The molecule has 2 aromatic rings. The monoisotopic (exact) mass is 503 g/mol. The number of halogens is 2. The SMILES string of the molecule is CC(C)=CC(=O)CCCCCC(=O)N1CCN(c2nc(N)nc(-c3cnc(N)nc3C(F)F)n2)CC1. The minimum Gasteiger partial charge on any atom is -0.368 e. The van der Waals surface area contributed by atoms with Crippen LogP contribution in [0.25, 0.3) is 11.4 Å². The highest BCUT2D eigenvalue weighted by molar-refractivity contribution is 5.90. The van der Waals surface area contributed by atoms with Crippen LogP contribution in [0.15, 0.2) is 17.8 Å². The number of nitrogens with zero attached hydrogens (tertiary/aromatic N) is 7. The topological polar surface area (TPSA) is 157 Å². The Morgan fingerprint density at radius 2 is 1.67 bits per heavy atom. The van der Waals surface area contributed by atoms with Crippen LogP contribution in [0, 0.1) is 0 Å². The van der Waals surface area contributed by atoms with Crippen LogP contribution in [-0.2, 0) is 9.59 Å². The first-order chi connectivity index (χ1) is 17.1. The van der Waals surface area contributed by atoms with Gasteiger partial charge in [-0.1, -0.05) is 12.0 Å². The fraction of sp³-hybridized carbons (Fsp3) is 0.522. The van der Waals surface area contributed by atoms with E-state index in [-0.39, 0.29) is 40.9 Å². The van der Waals surface area contributed by atoms with Gasteiger partial charge in [-0.05, 0) is 32.8 Å². The van der Waals surface area contributed by atoms with Gasteiger partial charge in [-0.3, -0.25) is 9.59 Å². The highest BCUT2D eigenvalue weighted by atomic mass is 19.3. The molecular weight excluding hydrogens is 472 g/mol. The van der Waals surface area contributed by atoms with E-state index < -0.39 is 12.1 Å². The van der Waals surface area contributed by atoms with Crippen LogP contribution < -0.4 is 16.4 Å². The number of ketones is 1. The molecule has 2 aromatic heterocycles. The molecule has 0 saturated carbocycles. The molecule has 1 fully saturated rings. The molecule has 1 aliphatic heterocycles. The van der Waals surface area contributed by atoms with Crippen molar-refractivity contribution in [1.82, 2.24) is 29.8 Å². The van der Waals surface area contributed by atoms with Crippen LogP contribution in [0.4, 0.5) is 26.6 Å². The van der Waals surface area contributed by atoms with Gasteiger partial charge in [-0.25, -0.2) is 18.7 Å². The zero-order chi connectivity index (χ0) is 26.2. The third-order valence-corrected chi connectivity index (χ3v) is 5.60. The Bertz CT molecular complexity index is 1110. The summed E-state index contributed by atoms with van der Waals surface area (Å²) in [4.78, 5) is 47.7. The number of carbonyl (C=O) groups is 2. The summed E-state index contributed by atoms with van der Waals surface area (Å²) in [7, 11) is 0. The van der Waals surface area contributed by atoms with Gasteiger partial charge < -0.3 is 21.3 Å². The van der Waals surface area contributed by atoms with Gasteiger partial charge in [0, 0.05) is 45.2 Å². The van der Waals surface area contributed by atoms with Gasteiger partial charge in [0.25, 0.3) is 6.43 Å². The number of piperazine rings is 1. The molecule has 11 nitrogen and oxygen atoms in total. The van der Waals surface area contributed by atoms with Crippen molar-refractivity contribution in [3.05, 3.63) is 23.5 Å². The quantitative estimate of drug-likeness (QED) is 0.365. The van der Waals surface area contributed by atoms with E-state index >= 15 is 0 Å². The van der Waals surface area contributed by atoms with Crippen molar-refractivity contribution in [2.24, 2.45) is 0 Å². The van der Waals surface area contributed by atoms with Gasteiger partial charge in [-0.15, -0.1) is 0 Å². The summed E-state index contributed by atoms with van der Waals surface area (Å²) in [6.45, 7) is 5.61. The van der Waals surface area contributed by atoms with Crippen LogP contribution in [0.2, 0.25) is 0 Å². The average Bonchev–Trinajstić information content (AvgIpc) is 2.82. The molecule has 0 unspecified atom stereocenters. The van der Waals surface area contributed by atoms with E-state index in [1.54, 1.807) is 11.0 Å². The zero-order valence-electron chi connectivity index (χ0n) is 20.5. The van der Waals surface area contributed by atoms with E-state index in [2.05, 4.69) is 24.9 Å². The summed E-state index contributed by atoms with van der Waals surface area (Å²) in [5.41, 5.74) is 11.6. The second-order valence-corrected chi connectivity index (χ2v) is 8.76. The Morgan fingerprint density at radius 1 is 0.972 bits per heavy atom. The van der Waals surface area contributed by atoms with Crippen molar-refractivity contribution in [1.29, 1.82) is 0 Å². The number of rotatable bonds is 10. The Kier molecular flexibility index (Phi) is 9.14. The number of alkyl halides is 2. The fourth-order valence-corrected chi connectivity index (χ4v) is 3.85. The van der Waals surface area contributed by atoms with Crippen molar-refractivity contribution in [2.75, 3.05) is 42.5 Å². The van der Waals surface area contributed by atoms with Crippen LogP contribution in [0.3, 0.4) is 0 Å². The van der Waals surface area contributed by atoms with Crippen molar-refractivity contribution in [3.8, 4) is 11.4 Å². The number of carbonyl (C=O) groups excluding carboxylic acids is 2. The maximum atomic E-state index is 13.5. The molecule has 1 aliphatic rings. The normalized spacial score (nSPS) is 13.7. The van der Waals surface area contributed by atoms with E-state index in [0.29, 0.717) is 39.0 Å². The van der Waals surface area contributed by atoms with Gasteiger partial charge in [0.1, 0.15) is 5.69 Å². The van der Waals surface area contributed by atoms with Crippen LogP contribution in [0.1, 0.15) is 58.1 Å². The lowest BCUT2D eigenvalue weighted by Crippen LogP contribution is -2.49. The van der Waals surface area contributed by atoms with Gasteiger partial charge in [0.2, 0.25) is 23.8 Å². The number of amides is 1. The first-order valence-corrected chi connectivity index (χ1v) is 11.8. The van der Waals surface area contributed by atoms with Crippen molar-refractivity contribution in [2.45, 2.75) is 52.4 Å². The third kappa shape index (κ3) is 7.36. The lowest BCUT2D eigenvalue weighted by Gasteiger charge is -2.35. The Morgan fingerprint density at radius 3 is 2.33 bits per heavy atom. The second kappa shape index (κ2) is 12.3. The van der Waals surface area contributed by atoms with E-state index in [1.807, 2.05) is 18.7 Å². The Balaban J connectivity index is 1.55. The van der Waals surface area contributed by atoms with E-state index in [0.717, 1.165) is 31.0 Å². The fourth-order valence-electron chi connectivity index (χ4n) is 3.85. The maximum absolute atomic E-state index is 13.5. The summed E-state index contributed by atoms with van der Waals surface area (Å²) in [5, 5.41) is 0. The molecule has 13 heteroatoms.